The number of carbonyl (C=O) groups excluding carboxylic acids is 3. The number of esters is 1. The molecule has 146 valence electrons. The lowest BCUT2D eigenvalue weighted by Crippen LogP contribution is -2.45. The molecule has 1 aliphatic heterocycles. The molecule has 0 spiro atoms. The molecule has 2 amide bonds. The number of hydrogen-bond acceptors (Lipinski definition) is 4. The van der Waals surface area contributed by atoms with Crippen molar-refractivity contribution >= 4 is 17.8 Å². The lowest BCUT2D eigenvalue weighted by molar-refractivity contribution is -0.141. The summed E-state index contributed by atoms with van der Waals surface area (Å²) in [7, 11) is 0. The van der Waals surface area contributed by atoms with Gasteiger partial charge in [-0.3, -0.25) is 9.59 Å². The van der Waals surface area contributed by atoms with Crippen LogP contribution in [-0.2, 0) is 19.1 Å². The van der Waals surface area contributed by atoms with Gasteiger partial charge in [-0.1, -0.05) is 37.3 Å². The number of nitrogens with one attached hydrogen (secondary N) is 1. The van der Waals surface area contributed by atoms with Crippen LogP contribution in [0.15, 0.2) is 41.6 Å². The first-order chi connectivity index (χ1) is 12.9. The topological polar surface area (TPSA) is 75.7 Å². The van der Waals surface area contributed by atoms with Gasteiger partial charge in [0.25, 0.3) is 0 Å². The number of ether oxygens (including phenoxy) is 1. The van der Waals surface area contributed by atoms with Crippen molar-refractivity contribution in [3.63, 3.8) is 0 Å². The van der Waals surface area contributed by atoms with Crippen LogP contribution in [0.3, 0.4) is 0 Å². The van der Waals surface area contributed by atoms with E-state index in [1.807, 2.05) is 44.2 Å². The number of amides is 2. The zero-order valence-electron chi connectivity index (χ0n) is 16.5. The Kier molecular flexibility index (Phi) is 7.16. The van der Waals surface area contributed by atoms with Gasteiger partial charge in [0.1, 0.15) is 6.54 Å². The second kappa shape index (κ2) is 9.35. The Hall–Kier alpha value is -2.63. The van der Waals surface area contributed by atoms with E-state index >= 15 is 0 Å². The number of allylic oxidation sites excluding steroid dienone is 1. The Balaban J connectivity index is 2.37. The fraction of sp³-hybridized carbons (Fsp3) is 0.476. The third-order valence-electron chi connectivity index (χ3n) is 4.84. The molecule has 0 bridgehead atoms. The molecule has 0 aliphatic carbocycles. The fourth-order valence-electron chi connectivity index (χ4n) is 3.21. The first-order valence-electron chi connectivity index (χ1n) is 9.41. The molecule has 0 aromatic heterocycles. The first-order valence-corrected chi connectivity index (χ1v) is 9.41. The minimum absolute atomic E-state index is 0.0308. The minimum Gasteiger partial charge on any atom is -0.463 e. The van der Waals surface area contributed by atoms with E-state index in [0.29, 0.717) is 11.3 Å². The Morgan fingerprint density at radius 1 is 1.26 bits per heavy atom. The lowest BCUT2D eigenvalue weighted by atomic mass is 9.83. The third-order valence-corrected chi connectivity index (χ3v) is 4.84. The highest BCUT2D eigenvalue weighted by Crippen LogP contribution is 2.36. The summed E-state index contributed by atoms with van der Waals surface area (Å²) in [5, 5.41) is 2.86. The van der Waals surface area contributed by atoms with Crippen molar-refractivity contribution in [2.45, 2.75) is 52.5 Å². The van der Waals surface area contributed by atoms with E-state index in [2.05, 4.69) is 5.32 Å². The number of hydrogen-bond donors (Lipinski definition) is 1. The fourth-order valence-corrected chi connectivity index (χ4v) is 3.21. The summed E-state index contributed by atoms with van der Waals surface area (Å²) in [5.74, 6) is -1.22. The highest BCUT2D eigenvalue weighted by Gasteiger charge is 2.37. The van der Waals surface area contributed by atoms with Crippen LogP contribution < -0.4 is 5.32 Å². The molecule has 0 fully saturated rings. The van der Waals surface area contributed by atoms with Gasteiger partial charge in [0.05, 0.1) is 12.2 Å². The highest BCUT2D eigenvalue weighted by molar-refractivity contribution is 5.97. The van der Waals surface area contributed by atoms with E-state index in [9.17, 15) is 14.4 Å². The van der Waals surface area contributed by atoms with Crippen LogP contribution in [0, 0.1) is 0 Å². The predicted molar refractivity (Wildman–Crippen MR) is 103 cm³/mol. The molecule has 6 nitrogen and oxygen atoms in total. The maximum absolute atomic E-state index is 12.8. The molecule has 2 rings (SSSR count). The molecule has 2 atom stereocenters. The molecule has 0 saturated heterocycles. The molecular weight excluding hydrogens is 344 g/mol. The van der Waals surface area contributed by atoms with Gasteiger partial charge in [0.2, 0.25) is 11.8 Å². The second-order valence-electron chi connectivity index (χ2n) is 6.74. The maximum atomic E-state index is 12.8. The van der Waals surface area contributed by atoms with Crippen molar-refractivity contribution in [2.75, 3.05) is 13.2 Å². The monoisotopic (exact) mass is 372 g/mol. The van der Waals surface area contributed by atoms with Crippen LogP contribution >= 0.6 is 0 Å². The van der Waals surface area contributed by atoms with Gasteiger partial charge in [-0.2, -0.15) is 0 Å². The van der Waals surface area contributed by atoms with Gasteiger partial charge in [0, 0.05) is 24.1 Å². The minimum atomic E-state index is -0.441. The number of rotatable bonds is 7. The highest BCUT2D eigenvalue weighted by atomic mass is 16.5. The molecular formula is C21H28N2O4. The Bertz CT molecular complexity index is 727. The molecule has 1 heterocycles. The van der Waals surface area contributed by atoms with Crippen LogP contribution in [0.25, 0.3) is 0 Å². The summed E-state index contributed by atoms with van der Waals surface area (Å²) in [6, 6.07) is 9.47. The van der Waals surface area contributed by atoms with Crippen molar-refractivity contribution in [2.24, 2.45) is 0 Å². The van der Waals surface area contributed by atoms with E-state index in [0.717, 1.165) is 12.0 Å². The quantitative estimate of drug-likeness (QED) is 0.747. The SMILES string of the molecule is CCOC(=O)C1=C(C)N(CC(=O)NC(C)CC)C(=O)CC1c1ccccc1. The van der Waals surface area contributed by atoms with Gasteiger partial charge >= 0.3 is 5.97 Å². The predicted octanol–water partition coefficient (Wildman–Crippen LogP) is 2.75. The van der Waals surface area contributed by atoms with Crippen molar-refractivity contribution in [1.82, 2.24) is 10.2 Å². The van der Waals surface area contributed by atoms with Crippen LogP contribution in [0.5, 0.6) is 0 Å². The number of nitrogens with zero attached hydrogens (tertiary/aromatic N) is 1. The van der Waals surface area contributed by atoms with E-state index in [1.54, 1.807) is 13.8 Å². The van der Waals surface area contributed by atoms with Crippen LogP contribution in [0.4, 0.5) is 0 Å². The van der Waals surface area contributed by atoms with E-state index in [-0.39, 0.29) is 43.3 Å². The standard InChI is InChI=1S/C21H28N2O4/c1-5-14(3)22-18(24)13-23-15(4)20(21(26)27-6-2)17(12-19(23)25)16-10-8-7-9-11-16/h7-11,14,17H,5-6,12-13H2,1-4H3,(H,22,24). The average Bonchev–Trinajstić information content (AvgIpc) is 2.65. The Labute approximate surface area is 160 Å². The molecule has 1 aromatic carbocycles. The molecule has 2 unspecified atom stereocenters. The molecule has 0 saturated carbocycles. The van der Waals surface area contributed by atoms with Gasteiger partial charge in [-0.05, 0) is 32.8 Å². The Morgan fingerprint density at radius 3 is 2.52 bits per heavy atom. The summed E-state index contributed by atoms with van der Waals surface area (Å²) >= 11 is 0. The van der Waals surface area contributed by atoms with E-state index in [1.165, 1.54) is 4.90 Å². The molecule has 0 radical (unpaired) electrons. The number of carbonyl (C=O) groups is 3. The Morgan fingerprint density at radius 2 is 1.93 bits per heavy atom. The van der Waals surface area contributed by atoms with Crippen molar-refractivity contribution in [3.8, 4) is 0 Å². The van der Waals surface area contributed by atoms with Gasteiger partial charge in [-0.15, -0.1) is 0 Å². The average molecular weight is 372 g/mol. The molecule has 1 N–H and O–H groups in total. The first kappa shape index (κ1) is 20.7. The number of benzene rings is 1. The lowest BCUT2D eigenvalue weighted by Gasteiger charge is -2.34. The van der Waals surface area contributed by atoms with Crippen LogP contribution in [-0.4, -0.2) is 41.9 Å². The molecule has 6 heteroatoms. The van der Waals surface area contributed by atoms with Crippen molar-refractivity contribution in [3.05, 3.63) is 47.2 Å². The van der Waals surface area contributed by atoms with Crippen molar-refractivity contribution < 1.29 is 19.1 Å². The zero-order chi connectivity index (χ0) is 20.0. The summed E-state index contributed by atoms with van der Waals surface area (Å²) in [4.78, 5) is 39.1. The van der Waals surface area contributed by atoms with Gasteiger partial charge < -0.3 is 15.0 Å². The normalized spacial score (nSPS) is 18.3. The maximum Gasteiger partial charge on any atom is 0.336 e. The summed E-state index contributed by atoms with van der Waals surface area (Å²) in [6.45, 7) is 7.49. The summed E-state index contributed by atoms with van der Waals surface area (Å²) < 4.78 is 5.24. The zero-order valence-corrected chi connectivity index (χ0v) is 16.5. The van der Waals surface area contributed by atoms with Gasteiger partial charge in [-0.25, -0.2) is 4.79 Å². The van der Waals surface area contributed by atoms with Crippen molar-refractivity contribution in [1.29, 1.82) is 0 Å². The van der Waals surface area contributed by atoms with Crippen LogP contribution in [0.1, 0.15) is 52.0 Å². The summed E-state index contributed by atoms with van der Waals surface area (Å²) in [6.07, 6.45) is 0.935. The van der Waals surface area contributed by atoms with Crippen LogP contribution in [0.2, 0.25) is 0 Å². The second-order valence-corrected chi connectivity index (χ2v) is 6.74. The van der Waals surface area contributed by atoms with Gasteiger partial charge in [0.15, 0.2) is 0 Å². The smallest absolute Gasteiger partial charge is 0.336 e. The van der Waals surface area contributed by atoms with E-state index < -0.39 is 5.97 Å². The van der Waals surface area contributed by atoms with E-state index in [4.69, 9.17) is 4.74 Å². The summed E-state index contributed by atoms with van der Waals surface area (Å²) in [5.41, 5.74) is 1.81. The molecule has 27 heavy (non-hydrogen) atoms. The third kappa shape index (κ3) is 4.96. The largest absolute Gasteiger partial charge is 0.463 e. The molecule has 1 aliphatic rings. The molecule has 1 aromatic rings.